The molecule has 1 fully saturated rings. The molecule has 1 N–H and O–H groups in total. The van der Waals surface area contributed by atoms with Gasteiger partial charge in [0.2, 0.25) is 5.91 Å². The van der Waals surface area contributed by atoms with Crippen molar-refractivity contribution in [2.45, 2.75) is 72.9 Å². The summed E-state index contributed by atoms with van der Waals surface area (Å²) in [4.78, 5) is 12.5. The van der Waals surface area contributed by atoms with Gasteiger partial charge in [-0.05, 0) is 60.3 Å². The smallest absolute Gasteiger partial charge is 0.230 e. The lowest BCUT2D eigenvalue weighted by molar-refractivity contribution is -0.115. The Morgan fingerprint density at radius 1 is 1.24 bits per heavy atom. The Morgan fingerprint density at radius 3 is 2.48 bits per heavy atom. The van der Waals surface area contributed by atoms with Crippen molar-refractivity contribution in [3.8, 4) is 0 Å². The highest BCUT2D eigenvalue weighted by atomic mass is 16.1. The zero-order valence-electron chi connectivity index (χ0n) is 16.2. The summed E-state index contributed by atoms with van der Waals surface area (Å²) in [6.45, 7) is 13.3. The Morgan fingerprint density at radius 2 is 1.92 bits per heavy atom. The second-order valence-corrected chi connectivity index (χ2v) is 8.25. The monoisotopic (exact) mass is 343 g/mol. The average molecular weight is 343 g/mol. The molecule has 1 aliphatic carbocycles. The molecule has 25 heavy (non-hydrogen) atoms. The number of aryl methyl sites for hydroxylation is 2. The van der Waals surface area contributed by atoms with Gasteiger partial charge < -0.3 is 5.32 Å². The predicted molar refractivity (Wildman–Crippen MR) is 98.7 cm³/mol. The molecule has 0 spiro atoms. The molecule has 0 unspecified atom stereocenters. The second-order valence-electron chi connectivity index (χ2n) is 8.25. The molecule has 3 rings (SSSR count). The summed E-state index contributed by atoms with van der Waals surface area (Å²) in [5.41, 5.74) is 4.02. The van der Waals surface area contributed by atoms with Crippen molar-refractivity contribution in [1.29, 1.82) is 0 Å². The molecule has 136 valence electrons. The van der Waals surface area contributed by atoms with E-state index >= 15 is 0 Å². The van der Waals surface area contributed by atoms with Crippen LogP contribution >= 0.6 is 0 Å². The van der Waals surface area contributed by atoms with Gasteiger partial charge >= 0.3 is 0 Å². The van der Waals surface area contributed by atoms with Gasteiger partial charge in [-0.15, -0.1) is 0 Å². The first-order valence-corrected chi connectivity index (χ1v) is 9.05. The van der Waals surface area contributed by atoms with Crippen LogP contribution in [0.4, 0.5) is 5.82 Å². The highest BCUT2D eigenvalue weighted by molar-refractivity contribution is 5.91. The minimum absolute atomic E-state index is 0.0456. The number of nitrogens with zero attached hydrogens (tertiary/aromatic N) is 4. The van der Waals surface area contributed by atoms with Crippen LogP contribution in [0.5, 0.6) is 0 Å². The molecule has 0 saturated heterocycles. The van der Waals surface area contributed by atoms with E-state index in [2.05, 4.69) is 47.9 Å². The standard InChI is InChI=1S/C19H29N5O/c1-12-9-17(22-24(12)19(4,5)6)20-18(25)10-16-13(2)21-23(14(16)3)11-15-7-8-15/h9,15H,7-8,10-11H2,1-6H3,(H,20,22,25). The van der Waals surface area contributed by atoms with Crippen molar-refractivity contribution in [2.75, 3.05) is 5.32 Å². The molecule has 0 aromatic carbocycles. The summed E-state index contributed by atoms with van der Waals surface area (Å²) in [7, 11) is 0. The molecule has 0 radical (unpaired) electrons. The molecular weight excluding hydrogens is 314 g/mol. The van der Waals surface area contributed by atoms with Crippen LogP contribution in [0.25, 0.3) is 0 Å². The van der Waals surface area contributed by atoms with E-state index in [4.69, 9.17) is 0 Å². The molecule has 2 aromatic rings. The van der Waals surface area contributed by atoms with E-state index < -0.39 is 0 Å². The van der Waals surface area contributed by atoms with E-state index in [-0.39, 0.29) is 11.4 Å². The quantitative estimate of drug-likeness (QED) is 0.905. The summed E-state index contributed by atoms with van der Waals surface area (Å²) >= 11 is 0. The normalized spacial score (nSPS) is 14.8. The number of carbonyl (C=O) groups is 1. The number of hydrogen-bond acceptors (Lipinski definition) is 3. The number of nitrogens with one attached hydrogen (secondary N) is 1. The fourth-order valence-corrected chi connectivity index (χ4v) is 3.27. The SMILES string of the molecule is Cc1nn(CC2CC2)c(C)c1CC(=O)Nc1cc(C)n(C(C)(C)C)n1. The summed E-state index contributed by atoms with van der Waals surface area (Å²) in [6.07, 6.45) is 2.93. The Labute approximate surface area is 149 Å². The maximum absolute atomic E-state index is 12.5. The van der Waals surface area contributed by atoms with E-state index in [1.165, 1.54) is 12.8 Å². The largest absolute Gasteiger partial charge is 0.309 e. The first kappa shape index (κ1) is 17.7. The molecule has 1 amide bonds. The highest BCUT2D eigenvalue weighted by Crippen LogP contribution is 2.31. The molecule has 1 saturated carbocycles. The molecule has 6 nitrogen and oxygen atoms in total. The third-order valence-corrected chi connectivity index (χ3v) is 4.79. The van der Waals surface area contributed by atoms with Crippen LogP contribution in [0.1, 0.15) is 56.3 Å². The van der Waals surface area contributed by atoms with Crippen molar-refractivity contribution in [2.24, 2.45) is 5.92 Å². The number of carbonyl (C=O) groups excluding carboxylic acids is 1. The molecular formula is C19H29N5O. The third-order valence-electron chi connectivity index (χ3n) is 4.79. The summed E-state index contributed by atoms with van der Waals surface area (Å²) in [5.74, 6) is 1.33. The summed E-state index contributed by atoms with van der Waals surface area (Å²) < 4.78 is 4.00. The second kappa shape index (κ2) is 6.32. The molecule has 2 aromatic heterocycles. The first-order valence-electron chi connectivity index (χ1n) is 9.05. The molecule has 0 bridgehead atoms. The van der Waals surface area contributed by atoms with Crippen molar-refractivity contribution in [3.05, 3.63) is 28.7 Å². The minimum atomic E-state index is -0.107. The number of amides is 1. The summed E-state index contributed by atoms with van der Waals surface area (Å²) in [6, 6.07) is 1.92. The van der Waals surface area contributed by atoms with Gasteiger partial charge in [0.05, 0.1) is 17.7 Å². The van der Waals surface area contributed by atoms with E-state index in [1.54, 1.807) is 0 Å². The van der Waals surface area contributed by atoms with Crippen LogP contribution < -0.4 is 5.32 Å². The van der Waals surface area contributed by atoms with E-state index in [0.29, 0.717) is 12.2 Å². The Kier molecular flexibility index (Phi) is 4.47. The number of anilines is 1. The predicted octanol–water partition coefficient (Wildman–Crippen LogP) is 3.35. The topological polar surface area (TPSA) is 64.7 Å². The van der Waals surface area contributed by atoms with E-state index in [1.807, 2.05) is 24.6 Å². The van der Waals surface area contributed by atoms with Crippen LogP contribution in [-0.4, -0.2) is 25.5 Å². The lowest BCUT2D eigenvalue weighted by atomic mass is 10.1. The molecule has 0 aliphatic heterocycles. The van der Waals surface area contributed by atoms with E-state index in [0.717, 1.165) is 35.1 Å². The maximum atomic E-state index is 12.5. The van der Waals surface area contributed by atoms with Crippen molar-refractivity contribution in [1.82, 2.24) is 19.6 Å². The van der Waals surface area contributed by atoms with E-state index in [9.17, 15) is 4.79 Å². The van der Waals surface area contributed by atoms with Gasteiger partial charge in [-0.3, -0.25) is 14.2 Å². The lowest BCUT2D eigenvalue weighted by Gasteiger charge is -2.21. The van der Waals surface area contributed by atoms with Crippen LogP contribution in [0, 0.1) is 26.7 Å². The van der Waals surface area contributed by atoms with Crippen molar-refractivity contribution in [3.63, 3.8) is 0 Å². The number of hydrogen-bond donors (Lipinski definition) is 1. The van der Waals surface area contributed by atoms with Gasteiger partial charge in [0.25, 0.3) is 0 Å². The van der Waals surface area contributed by atoms with Crippen molar-refractivity contribution >= 4 is 11.7 Å². The highest BCUT2D eigenvalue weighted by Gasteiger charge is 2.24. The Balaban J connectivity index is 1.70. The molecule has 1 aliphatic rings. The third kappa shape index (κ3) is 3.94. The van der Waals surface area contributed by atoms with Gasteiger partial charge in [0, 0.05) is 29.6 Å². The average Bonchev–Trinajstić information content (AvgIpc) is 3.17. The zero-order chi connectivity index (χ0) is 18.4. The molecule has 2 heterocycles. The number of aromatic nitrogens is 4. The minimum Gasteiger partial charge on any atom is -0.309 e. The van der Waals surface area contributed by atoms with Crippen LogP contribution in [0.3, 0.4) is 0 Å². The lowest BCUT2D eigenvalue weighted by Crippen LogP contribution is -2.24. The summed E-state index contributed by atoms with van der Waals surface area (Å²) in [5, 5.41) is 12.1. The fraction of sp³-hybridized carbons (Fsp3) is 0.632. The van der Waals surface area contributed by atoms with Crippen LogP contribution in [0.2, 0.25) is 0 Å². The van der Waals surface area contributed by atoms with Gasteiger partial charge in [-0.1, -0.05) is 0 Å². The Hall–Kier alpha value is -2.11. The van der Waals surface area contributed by atoms with Gasteiger partial charge in [-0.2, -0.15) is 10.2 Å². The van der Waals surface area contributed by atoms with Gasteiger partial charge in [0.15, 0.2) is 5.82 Å². The molecule has 6 heteroatoms. The van der Waals surface area contributed by atoms with Crippen LogP contribution in [-0.2, 0) is 23.3 Å². The van der Waals surface area contributed by atoms with Crippen LogP contribution in [0.15, 0.2) is 6.07 Å². The maximum Gasteiger partial charge on any atom is 0.230 e. The number of rotatable bonds is 5. The van der Waals surface area contributed by atoms with Crippen molar-refractivity contribution < 1.29 is 4.79 Å². The fourth-order valence-electron chi connectivity index (χ4n) is 3.27. The molecule has 0 atom stereocenters. The Bertz CT molecular complexity index is 790. The van der Waals surface area contributed by atoms with Gasteiger partial charge in [-0.25, -0.2) is 0 Å². The van der Waals surface area contributed by atoms with Gasteiger partial charge in [0.1, 0.15) is 0 Å². The zero-order valence-corrected chi connectivity index (χ0v) is 16.2. The first-order chi connectivity index (χ1) is 11.6.